The van der Waals surface area contributed by atoms with E-state index in [9.17, 15) is 4.39 Å². The molecule has 0 saturated carbocycles. The van der Waals surface area contributed by atoms with Gasteiger partial charge in [0.05, 0.1) is 13.2 Å². The summed E-state index contributed by atoms with van der Waals surface area (Å²) < 4.78 is 24.8. The van der Waals surface area contributed by atoms with Crippen molar-refractivity contribution >= 4 is 29.9 Å². The maximum Gasteiger partial charge on any atom is 0.191 e. The SMILES string of the molecule is CCOCc1ccccc1CNC(=NC)NCC(C)Oc1ccccc1F.I. The van der Waals surface area contributed by atoms with Crippen molar-refractivity contribution in [2.75, 3.05) is 20.2 Å². The molecule has 2 aromatic rings. The molecule has 0 fully saturated rings. The Morgan fingerprint density at radius 2 is 1.75 bits per heavy atom. The molecule has 1 unspecified atom stereocenters. The van der Waals surface area contributed by atoms with Crippen LogP contribution < -0.4 is 15.4 Å². The lowest BCUT2D eigenvalue weighted by Crippen LogP contribution is -2.41. The number of benzene rings is 2. The Bertz CT molecular complexity index is 743. The molecule has 5 nitrogen and oxygen atoms in total. The normalized spacial score (nSPS) is 12.1. The van der Waals surface area contributed by atoms with Gasteiger partial charge in [0, 0.05) is 20.2 Å². The van der Waals surface area contributed by atoms with Crippen LogP contribution in [0.1, 0.15) is 25.0 Å². The van der Waals surface area contributed by atoms with Crippen LogP contribution in [0.5, 0.6) is 5.75 Å². The highest BCUT2D eigenvalue weighted by molar-refractivity contribution is 14.0. The van der Waals surface area contributed by atoms with Crippen LogP contribution in [0.25, 0.3) is 0 Å². The lowest BCUT2D eigenvalue weighted by molar-refractivity contribution is 0.133. The van der Waals surface area contributed by atoms with Crippen LogP contribution in [-0.4, -0.2) is 32.3 Å². The van der Waals surface area contributed by atoms with Gasteiger partial charge in [0.25, 0.3) is 0 Å². The molecule has 7 heteroatoms. The van der Waals surface area contributed by atoms with E-state index in [1.807, 2.05) is 26.0 Å². The maximum absolute atomic E-state index is 13.7. The number of para-hydroxylation sites is 1. The summed E-state index contributed by atoms with van der Waals surface area (Å²) in [6, 6.07) is 14.5. The summed E-state index contributed by atoms with van der Waals surface area (Å²) in [7, 11) is 1.71. The first-order valence-corrected chi connectivity index (χ1v) is 9.14. The molecule has 28 heavy (non-hydrogen) atoms. The summed E-state index contributed by atoms with van der Waals surface area (Å²) in [6.07, 6.45) is -0.217. The van der Waals surface area contributed by atoms with E-state index in [1.54, 1.807) is 25.2 Å². The first-order chi connectivity index (χ1) is 13.1. The second-order valence-electron chi connectivity index (χ2n) is 6.07. The molecule has 2 rings (SSSR count). The predicted molar refractivity (Wildman–Crippen MR) is 122 cm³/mol. The number of halogens is 2. The van der Waals surface area contributed by atoms with Gasteiger partial charge in [-0.05, 0) is 37.1 Å². The largest absolute Gasteiger partial charge is 0.486 e. The number of aliphatic imine (C=N–C) groups is 1. The fourth-order valence-electron chi connectivity index (χ4n) is 2.52. The molecule has 0 bridgehead atoms. The van der Waals surface area contributed by atoms with Crippen molar-refractivity contribution in [3.63, 3.8) is 0 Å². The molecule has 0 amide bonds. The molecule has 154 valence electrons. The van der Waals surface area contributed by atoms with E-state index in [2.05, 4.69) is 27.8 Å². The molecule has 2 aromatic carbocycles. The molecule has 0 heterocycles. The highest BCUT2D eigenvalue weighted by Crippen LogP contribution is 2.16. The first-order valence-electron chi connectivity index (χ1n) is 9.14. The minimum absolute atomic E-state index is 0. The topological polar surface area (TPSA) is 54.9 Å². The molecular formula is C21H29FIN3O2. The Balaban J connectivity index is 0.00000392. The molecular weight excluding hydrogens is 472 g/mol. The van der Waals surface area contributed by atoms with E-state index < -0.39 is 0 Å². The summed E-state index contributed by atoms with van der Waals surface area (Å²) in [5.74, 6) is 0.544. The number of rotatable bonds is 9. The van der Waals surface area contributed by atoms with Crippen LogP contribution in [0.4, 0.5) is 4.39 Å². The lowest BCUT2D eigenvalue weighted by Gasteiger charge is -2.18. The van der Waals surface area contributed by atoms with Gasteiger partial charge in [-0.15, -0.1) is 24.0 Å². The van der Waals surface area contributed by atoms with Gasteiger partial charge in [0.1, 0.15) is 6.10 Å². The molecule has 0 aromatic heterocycles. The van der Waals surface area contributed by atoms with Crippen molar-refractivity contribution in [3.05, 3.63) is 65.5 Å². The summed E-state index contributed by atoms with van der Waals surface area (Å²) in [6.45, 7) is 6.26. The van der Waals surface area contributed by atoms with Crippen LogP contribution in [0.15, 0.2) is 53.5 Å². The molecule has 0 spiro atoms. The first kappa shape index (κ1) is 24.2. The highest BCUT2D eigenvalue weighted by atomic mass is 127. The van der Waals surface area contributed by atoms with Gasteiger partial charge < -0.3 is 20.1 Å². The van der Waals surface area contributed by atoms with E-state index in [0.717, 1.165) is 11.1 Å². The minimum Gasteiger partial charge on any atom is -0.486 e. The fraction of sp³-hybridized carbons (Fsp3) is 0.381. The number of nitrogens with zero attached hydrogens (tertiary/aromatic N) is 1. The van der Waals surface area contributed by atoms with Crippen molar-refractivity contribution in [1.29, 1.82) is 0 Å². The van der Waals surface area contributed by atoms with Gasteiger partial charge in [-0.25, -0.2) is 4.39 Å². The number of hydrogen-bond acceptors (Lipinski definition) is 3. The van der Waals surface area contributed by atoms with Crippen molar-refractivity contribution in [2.45, 2.75) is 33.1 Å². The fourth-order valence-corrected chi connectivity index (χ4v) is 2.52. The summed E-state index contributed by atoms with van der Waals surface area (Å²) >= 11 is 0. The molecule has 2 N–H and O–H groups in total. The Labute approximate surface area is 183 Å². The smallest absolute Gasteiger partial charge is 0.191 e. The van der Waals surface area contributed by atoms with Crippen molar-refractivity contribution in [2.24, 2.45) is 4.99 Å². The highest BCUT2D eigenvalue weighted by Gasteiger charge is 2.09. The second-order valence-corrected chi connectivity index (χ2v) is 6.07. The van der Waals surface area contributed by atoms with Crippen LogP contribution in [-0.2, 0) is 17.9 Å². The molecule has 0 radical (unpaired) electrons. The average molecular weight is 501 g/mol. The zero-order valence-corrected chi connectivity index (χ0v) is 18.9. The van der Waals surface area contributed by atoms with Gasteiger partial charge in [0.15, 0.2) is 17.5 Å². The van der Waals surface area contributed by atoms with E-state index in [-0.39, 0.29) is 41.6 Å². The van der Waals surface area contributed by atoms with Crippen molar-refractivity contribution in [3.8, 4) is 5.75 Å². The summed E-state index contributed by atoms with van der Waals surface area (Å²) in [4.78, 5) is 4.23. The predicted octanol–water partition coefficient (Wildman–Crippen LogP) is 4.11. The quantitative estimate of drug-likeness (QED) is 0.309. The lowest BCUT2D eigenvalue weighted by atomic mass is 10.1. The summed E-state index contributed by atoms with van der Waals surface area (Å²) in [5, 5.41) is 6.49. The molecule has 0 aliphatic rings. The van der Waals surface area contributed by atoms with Crippen molar-refractivity contribution < 1.29 is 13.9 Å². The Hall–Kier alpha value is -1.87. The number of ether oxygens (including phenoxy) is 2. The van der Waals surface area contributed by atoms with Gasteiger partial charge >= 0.3 is 0 Å². The van der Waals surface area contributed by atoms with Crippen LogP contribution >= 0.6 is 24.0 Å². The van der Waals surface area contributed by atoms with Gasteiger partial charge in [0.2, 0.25) is 0 Å². The van der Waals surface area contributed by atoms with E-state index in [0.29, 0.717) is 32.3 Å². The van der Waals surface area contributed by atoms with Gasteiger partial charge in [-0.3, -0.25) is 4.99 Å². The third-order valence-electron chi connectivity index (χ3n) is 3.97. The maximum atomic E-state index is 13.7. The van der Waals surface area contributed by atoms with Crippen molar-refractivity contribution in [1.82, 2.24) is 10.6 Å². The summed E-state index contributed by atoms with van der Waals surface area (Å²) in [5.41, 5.74) is 2.31. The molecule has 1 atom stereocenters. The molecule has 0 aliphatic carbocycles. The van der Waals surface area contributed by atoms with E-state index >= 15 is 0 Å². The Morgan fingerprint density at radius 3 is 2.43 bits per heavy atom. The molecule has 0 aliphatic heterocycles. The Kier molecular flexibility index (Phi) is 11.5. The second kappa shape index (κ2) is 13.3. The van der Waals surface area contributed by atoms with Crippen LogP contribution in [0.2, 0.25) is 0 Å². The molecule has 0 saturated heterocycles. The standard InChI is InChI=1S/C21H28FN3O2.HI/c1-4-26-15-18-10-6-5-9-17(18)14-25-21(23-3)24-13-16(2)27-20-12-8-7-11-19(20)22;/h5-12,16H,4,13-15H2,1-3H3,(H2,23,24,25);1H. The van der Waals surface area contributed by atoms with Crippen LogP contribution in [0.3, 0.4) is 0 Å². The number of guanidine groups is 1. The third kappa shape index (κ3) is 8.02. The Morgan fingerprint density at radius 1 is 1.07 bits per heavy atom. The number of nitrogens with one attached hydrogen (secondary N) is 2. The van der Waals surface area contributed by atoms with Gasteiger partial charge in [-0.2, -0.15) is 0 Å². The van der Waals surface area contributed by atoms with Crippen LogP contribution in [0, 0.1) is 5.82 Å². The zero-order chi connectivity index (χ0) is 19.5. The minimum atomic E-state index is -0.363. The van der Waals surface area contributed by atoms with E-state index in [1.165, 1.54) is 6.07 Å². The average Bonchev–Trinajstić information content (AvgIpc) is 2.69. The monoisotopic (exact) mass is 501 g/mol. The van der Waals surface area contributed by atoms with Gasteiger partial charge in [-0.1, -0.05) is 36.4 Å². The number of hydrogen-bond donors (Lipinski definition) is 2. The zero-order valence-electron chi connectivity index (χ0n) is 16.6. The third-order valence-corrected chi connectivity index (χ3v) is 3.97. The van der Waals surface area contributed by atoms with E-state index in [4.69, 9.17) is 9.47 Å².